The molecule has 1 aliphatic rings. The van der Waals surface area contributed by atoms with E-state index in [9.17, 15) is 27.9 Å². The number of hydrazone groups is 1. The average molecular weight is 363 g/mol. The number of carbonyl (C=O) groups is 2. The van der Waals surface area contributed by atoms with Crippen LogP contribution in [-0.4, -0.2) is 33.9 Å². The number of phenols is 1. The summed E-state index contributed by atoms with van der Waals surface area (Å²) in [5.41, 5.74) is 0.429. The predicted octanol–water partition coefficient (Wildman–Crippen LogP) is 2.32. The molecule has 2 aromatic rings. The quantitative estimate of drug-likeness (QED) is 0.859. The SMILES string of the molecule is O=C1NC(c2ccccc2)=NN(C(=O)C(F)(F)F)C1c1ccc(O)cc1. The molecular weight excluding hydrogens is 351 g/mol. The van der Waals surface area contributed by atoms with E-state index < -0.39 is 24.0 Å². The van der Waals surface area contributed by atoms with E-state index in [1.807, 2.05) is 0 Å². The van der Waals surface area contributed by atoms with Crippen LogP contribution >= 0.6 is 0 Å². The molecule has 26 heavy (non-hydrogen) atoms. The molecule has 1 aliphatic heterocycles. The van der Waals surface area contributed by atoms with Crippen LogP contribution in [0.1, 0.15) is 17.2 Å². The number of benzene rings is 2. The molecule has 0 saturated heterocycles. The molecule has 0 radical (unpaired) electrons. The highest BCUT2D eigenvalue weighted by Crippen LogP contribution is 2.31. The number of halogens is 3. The second-order valence-corrected chi connectivity index (χ2v) is 5.45. The summed E-state index contributed by atoms with van der Waals surface area (Å²) in [5.74, 6) is -3.41. The zero-order chi connectivity index (χ0) is 18.9. The molecule has 9 heteroatoms. The van der Waals surface area contributed by atoms with Gasteiger partial charge in [0.1, 0.15) is 5.75 Å². The van der Waals surface area contributed by atoms with Gasteiger partial charge in [0.2, 0.25) is 0 Å². The Kier molecular flexibility index (Phi) is 4.37. The van der Waals surface area contributed by atoms with Crippen molar-refractivity contribution in [3.05, 3.63) is 65.7 Å². The second kappa shape index (κ2) is 6.51. The Morgan fingerprint density at radius 3 is 2.27 bits per heavy atom. The number of amidine groups is 1. The fourth-order valence-electron chi connectivity index (χ4n) is 2.45. The molecule has 2 aromatic carbocycles. The van der Waals surface area contributed by atoms with Gasteiger partial charge in [-0.15, -0.1) is 0 Å². The lowest BCUT2D eigenvalue weighted by Crippen LogP contribution is -2.52. The van der Waals surface area contributed by atoms with Crippen LogP contribution in [0.3, 0.4) is 0 Å². The number of alkyl halides is 3. The molecule has 134 valence electrons. The van der Waals surface area contributed by atoms with Gasteiger partial charge in [-0.25, -0.2) is 5.01 Å². The number of rotatable bonds is 2. The molecule has 1 heterocycles. The molecule has 1 atom stereocenters. The molecular formula is C17H12F3N3O3. The van der Waals surface area contributed by atoms with E-state index in [0.29, 0.717) is 5.56 Å². The predicted molar refractivity (Wildman–Crippen MR) is 84.9 cm³/mol. The fourth-order valence-corrected chi connectivity index (χ4v) is 2.45. The lowest BCUT2D eigenvalue weighted by Gasteiger charge is -2.32. The maximum atomic E-state index is 13.0. The minimum absolute atomic E-state index is 0.0776. The average Bonchev–Trinajstić information content (AvgIpc) is 2.61. The lowest BCUT2D eigenvalue weighted by molar-refractivity contribution is -0.189. The lowest BCUT2D eigenvalue weighted by atomic mass is 10.0. The molecule has 2 amide bonds. The Labute approximate surface area is 145 Å². The Balaban J connectivity index is 2.09. The monoisotopic (exact) mass is 363 g/mol. The summed E-state index contributed by atoms with van der Waals surface area (Å²) in [6.45, 7) is 0. The number of carbonyl (C=O) groups excluding carboxylic acids is 2. The van der Waals surface area contributed by atoms with Crippen molar-refractivity contribution in [2.24, 2.45) is 5.10 Å². The number of aromatic hydroxyl groups is 1. The van der Waals surface area contributed by atoms with Crippen LogP contribution < -0.4 is 5.32 Å². The van der Waals surface area contributed by atoms with Crippen molar-refractivity contribution in [2.75, 3.05) is 0 Å². The molecule has 3 rings (SSSR count). The minimum Gasteiger partial charge on any atom is -0.508 e. The largest absolute Gasteiger partial charge is 0.508 e. The first-order valence-corrected chi connectivity index (χ1v) is 7.41. The van der Waals surface area contributed by atoms with Gasteiger partial charge in [0.05, 0.1) is 0 Å². The van der Waals surface area contributed by atoms with Gasteiger partial charge in [-0.1, -0.05) is 42.5 Å². The Hall–Kier alpha value is -3.36. The number of phenolic OH excluding ortho intramolecular Hbond substituents is 1. The number of hydrogen-bond donors (Lipinski definition) is 2. The van der Waals surface area contributed by atoms with E-state index in [4.69, 9.17) is 0 Å². The standard InChI is InChI=1S/C17H12F3N3O3/c18-17(19,20)16(26)23-13(10-6-8-12(24)9-7-10)15(25)21-14(22-23)11-4-2-1-3-5-11/h1-9,13,24H,(H,21,22,25). The molecule has 1 unspecified atom stereocenters. The Morgan fingerprint density at radius 1 is 1.08 bits per heavy atom. The topological polar surface area (TPSA) is 82.0 Å². The van der Waals surface area contributed by atoms with E-state index in [1.165, 1.54) is 36.4 Å². The molecule has 0 spiro atoms. The first-order chi connectivity index (χ1) is 12.3. The fraction of sp³-hybridized carbons (Fsp3) is 0.118. The van der Waals surface area contributed by atoms with Gasteiger partial charge in [-0.05, 0) is 17.7 Å². The first-order valence-electron chi connectivity index (χ1n) is 7.41. The number of nitrogens with one attached hydrogen (secondary N) is 1. The van der Waals surface area contributed by atoms with Gasteiger partial charge in [-0.3, -0.25) is 9.59 Å². The van der Waals surface area contributed by atoms with E-state index in [0.717, 1.165) is 0 Å². The molecule has 0 saturated carbocycles. The second-order valence-electron chi connectivity index (χ2n) is 5.45. The van der Waals surface area contributed by atoms with Gasteiger partial charge < -0.3 is 10.4 Å². The highest BCUT2D eigenvalue weighted by molar-refractivity contribution is 6.12. The molecule has 2 N–H and O–H groups in total. The van der Waals surface area contributed by atoms with Crippen molar-refractivity contribution in [3.63, 3.8) is 0 Å². The highest BCUT2D eigenvalue weighted by atomic mass is 19.4. The summed E-state index contributed by atoms with van der Waals surface area (Å²) in [5, 5.41) is 15.6. The van der Waals surface area contributed by atoms with Crippen molar-refractivity contribution < 1.29 is 27.9 Å². The van der Waals surface area contributed by atoms with Gasteiger partial charge in [0, 0.05) is 5.56 Å². The van der Waals surface area contributed by atoms with Crippen molar-refractivity contribution in [2.45, 2.75) is 12.2 Å². The van der Waals surface area contributed by atoms with Gasteiger partial charge in [0.15, 0.2) is 11.9 Å². The van der Waals surface area contributed by atoms with Gasteiger partial charge >= 0.3 is 12.1 Å². The third-order valence-electron chi connectivity index (χ3n) is 3.65. The molecule has 0 bridgehead atoms. The van der Waals surface area contributed by atoms with E-state index in [2.05, 4.69) is 10.4 Å². The van der Waals surface area contributed by atoms with E-state index in [1.54, 1.807) is 18.2 Å². The van der Waals surface area contributed by atoms with E-state index in [-0.39, 0.29) is 22.2 Å². The third kappa shape index (κ3) is 3.37. The maximum absolute atomic E-state index is 13.0. The third-order valence-corrected chi connectivity index (χ3v) is 3.65. The van der Waals surface area contributed by atoms with Crippen LogP contribution in [0.15, 0.2) is 59.7 Å². The summed E-state index contributed by atoms with van der Waals surface area (Å²) in [6, 6.07) is 11.3. The molecule has 0 aliphatic carbocycles. The van der Waals surface area contributed by atoms with Crippen LogP contribution in [0.4, 0.5) is 13.2 Å². The summed E-state index contributed by atoms with van der Waals surface area (Å²) in [6.07, 6.45) is -5.21. The highest BCUT2D eigenvalue weighted by Gasteiger charge is 2.48. The Bertz CT molecular complexity index is 864. The maximum Gasteiger partial charge on any atom is 0.473 e. The summed E-state index contributed by atoms with van der Waals surface area (Å²) in [4.78, 5) is 24.3. The van der Waals surface area contributed by atoms with Crippen LogP contribution in [0, 0.1) is 0 Å². The Morgan fingerprint density at radius 2 is 1.69 bits per heavy atom. The molecule has 0 aromatic heterocycles. The summed E-state index contributed by atoms with van der Waals surface area (Å²) in [7, 11) is 0. The van der Waals surface area contributed by atoms with Gasteiger partial charge in [-0.2, -0.15) is 18.3 Å². The number of hydrogen-bond acceptors (Lipinski definition) is 4. The van der Waals surface area contributed by atoms with Crippen molar-refractivity contribution in [1.29, 1.82) is 0 Å². The van der Waals surface area contributed by atoms with Crippen molar-refractivity contribution in [1.82, 2.24) is 10.3 Å². The zero-order valence-electron chi connectivity index (χ0n) is 13.1. The number of nitrogens with zero attached hydrogens (tertiary/aromatic N) is 2. The van der Waals surface area contributed by atoms with Crippen molar-refractivity contribution in [3.8, 4) is 5.75 Å². The van der Waals surface area contributed by atoms with Crippen LogP contribution in [0.25, 0.3) is 0 Å². The molecule has 0 fully saturated rings. The van der Waals surface area contributed by atoms with Gasteiger partial charge in [0.25, 0.3) is 5.91 Å². The van der Waals surface area contributed by atoms with E-state index >= 15 is 0 Å². The van der Waals surface area contributed by atoms with Crippen LogP contribution in [-0.2, 0) is 9.59 Å². The molecule has 6 nitrogen and oxygen atoms in total. The normalized spacial score (nSPS) is 17.5. The van der Waals surface area contributed by atoms with Crippen LogP contribution in [0.2, 0.25) is 0 Å². The zero-order valence-corrected chi connectivity index (χ0v) is 13.1. The first kappa shape index (κ1) is 17.5. The minimum atomic E-state index is -5.21. The smallest absolute Gasteiger partial charge is 0.473 e. The van der Waals surface area contributed by atoms with Crippen molar-refractivity contribution >= 4 is 17.6 Å². The number of amides is 2. The van der Waals surface area contributed by atoms with Crippen LogP contribution in [0.5, 0.6) is 5.75 Å². The summed E-state index contributed by atoms with van der Waals surface area (Å²) < 4.78 is 39.0. The summed E-state index contributed by atoms with van der Waals surface area (Å²) >= 11 is 0.